The molecule has 0 aliphatic heterocycles. The summed E-state index contributed by atoms with van der Waals surface area (Å²) in [5.41, 5.74) is 1.69. The molecule has 242 valence electrons. The Labute approximate surface area is 263 Å². The molecule has 0 saturated heterocycles. The number of nitrogens with zero attached hydrogens (tertiary/aromatic N) is 1. The molecule has 6 nitrogen and oxygen atoms in total. The van der Waals surface area contributed by atoms with E-state index in [1.807, 2.05) is 24.4 Å². The molecule has 8 heteroatoms. The van der Waals surface area contributed by atoms with Crippen LogP contribution >= 0.6 is 0 Å². The number of unbranched alkanes of at least 4 members (excludes halogenated alkanes) is 2. The molecule has 0 aliphatic carbocycles. The topological polar surface area (TPSA) is 88.9 Å². The first kappa shape index (κ1) is 37.3. The molecule has 0 radical (unpaired) electrons. The Morgan fingerprint density at radius 2 is 1.49 bits per heavy atom. The Bertz CT molecular complexity index is 1210. The molecule has 2 aromatic rings. The standard InChI is InChI=1S/C35H59NO5Si2/c1-12-13-14-20-29(37)33-28-19-16-15-18-27(28)26(25-36-33)23-24-31(41-43(10,11)35(5,6)7)30(21-17-22-32(38)39)40-42(8,9)34(2,3)4/h15-16,18-19,23-25,29-31,37H,12-14,17,20-22H2,1-11H3,(H,38,39)/b24-23+. The Morgan fingerprint density at radius 1 is 0.907 bits per heavy atom. The van der Waals surface area contributed by atoms with Crippen LogP contribution in [-0.2, 0) is 13.6 Å². The van der Waals surface area contributed by atoms with Crippen molar-refractivity contribution in [3.8, 4) is 0 Å². The summed E-state index contributed by atoms with van der Waals surface area (Å²) in [6.07, 6.45) is 9.93. The maximum atomic E-state index is 11.4. The van der Waals surface area contributed by atoms with Gasteiger partial charge in [0.2, 0.25) is 0 Å². The molecular weight excluding hydrogens is 571 g/mol. The number of aliphatic hydroxyl groups is 1. The van der Waals surface area contributed by atoms with Crippen LogP contribution in [0.25, 0.3) is 16.8 Å². The number of hydrogen-bond acceptors (Lipinski definition) is 5. The maximum absolute atomic E-state index is 11.4. The van der Waals surface area contributed by atoms with Crippen molar-refractivity contribution in [2.24, 2.45) is 0 Å². The second kappa shape index (κ2) is 15.4. The second-order valence-corrected chi connectivity index (χ2v) is 24.6. The number of fused-ring (bicyclic) bond motifs is 1. The first-order chi connectivity index (χ1) is 19.8. The minimum absolute atomic E-state index is 0.00277. The fourth-order valence-corrected chi connectivity index (χ4v) is 7.24. The molecule has 0 bridgehead atoms. The van der Waals surface area contributed by atoms with Gasteiger partial charge >= 0.3 is 5.97 Å². The van der Waals surface area contributed by atoms with Crippen LogP contribution in [0.5, 0.6) is 0 Å². The molecule has 0 spiro atoms. The molecule has 2 rings (SSSR count). The number of carboxylic acids is 1. The summed E-state index contributed by atoms with van der Waals surface area (Å²) in [5, 5.41) is 22.4. The van der Waals surface area contributed by atoms with Crippen LogP contribution in [0.2, 0.25) is 36.3 Å². The van der Waals surface area contributed by atoms with Gasteiger partial charge in [0.15, 0.2) is 16.6 Å². The number of rotatable bonds is 16. The number of carbonyl (C=O) groups is 1. The lowest BCUT2D eigenvalue weighted by atomic mass is 9.99. The average Bonchev–Trinajstić information content (AvgIpc) is 2.88. The van der Waals surface area contributed by atoms with Crippen LogP contribution in [0.1, 0.15) is 111 Å². The molecule has 1 heterocycles. The van der Waals surface area contributed by atoms with Crippen molar-refractivity contribution in [1.29, 1.82) is 0 Å². The molecule has 0 saturated carbocycles. The van der Waals surface area contributed by atoms with Crippen molar-refractivity contribution in [3.05, 3.63) is 47.8 Å². The third-order valence-electron chi connectivity index (χ3n) is 9.45. The number of carboxylic acid groups (broad SMARTS) is 1. The number of aliphatic carboxylic acids is 1. The van der Waals surface area contributed by atoms with Crippen LogP contribution < -0.4 is 0 Å². The minimum Gasteiger partial charge on any atom is -0.481 e. The van der Waals surface area contributed by atoms with Gasteiger partial charge in [-0.25, -0.2) is 0 Å². The predicted molar refractivity (Wildman–Crippen MR) is 186 cm³/mol. The zero-order valence-electron chi connectivity index (χ0n) is 28.8. The molecule has 0 amide bonds. The van der Waals surface area contributed by atoms with Gasteiger partial charge in [-0.2, -0.15) is 0 Å². The average molecular weight is 630 g/mol. The molecular formula is C35H59NO5Si2. The lowest BCUT2D eigenvalue weighted by Crippen LogP contribution is -2.51. The molecule has 0 aliphatic rings. The normalized spacial score (nSPS) is 15.6. The van der Waals surface area contributed by atoms with Crippen LogP contribution in [-0.4, -0.2) is 50.0 Å². The molecule has 2 N–H and O–H groups in total. The van der Waals surface area contributed by atoms with Gasteiger partial charge in [-0.15, -0.1) is 0 Å². The zero-order valence-corrected chi connectivity index (χ0v) is 30.8. The van der Waals surface area contributed by atoms with Crippen molar-refractivity contribution < 1.29 is 23.9 Å². The zero-order chi connectivity index (χ0) is 32.6. The predicted octanol–water partition coefficient (Wildman–Crippen LogP) is 9.90. The van der Waals surface area contributed by atoms with Gasteiger partial charge in [-0.1, -0.05) is 104 Å². The third-order valence-corrected chi connectivity index (χ3v) is 18.4. The second-order valence-electron chi connectivity index (χ2n) is 15.1. The highest BCUT2D eigenvalue weighted by Crippen LogP contribution is 2.41. The largest absolute Gasteiger partial charge is 0.481 e. The van der Waals surface area contributed by atoms with E-state index in [9.17, 15) is 15.0 Å². The minimum atomic E-state index is -2.23. The van der Waals surface area contributed by atoms with E-state index in [1.54, 1.807) is 0 Å². The van der Waals surface area contributed by atoms with Crippen LogP contribution in [0.4, 0.5) is 0 Å². The summed E-state index contributed by atoms with van der Waals surface area (Å²) in [4.78, 5) is 16.2. The van der Waals surface area contributed by atoms with Crippen molar-refractivity contribution in [1.82, 2.24) is 4.98 Å². The van der Waals surface area contributed by atoms with Crippen molar-refractivity contribution in [2.75, 3.05) is 0 Å². The Morgan fingerprint density at radius 3 is 2.05 bits per heavy atom. The van der Waals surface area contributed by atoms with E-state index in [0.717, 1.165) is 41.3 Å². The summed E-state index contributed by atoms with van der Waals surface area (Å²) in [6, 6.07) is 8.14. The lowest BCUT2D eigenvalue weighted by Gasteiger charge is -2.44. The smallest absolute Gasteiger partial charge is 0.303 e. The third kappa shape index (κ3) is 10.6. The fraction of sp³-hybridized carbons (Fsp3) is 0.657. The van der Waals surface area contributed by atoms with E-state index in [0.29, 0.717) is 19.3 Å². The lowest BCUT2D eigenvalue weighted by molar-refractivity contribution is -0.137. The van der Waals surface area contributed by atoms with Gasteiger partial charge in [0.05, 0.1) is 24.0 Å². The summed E-state index contributed by atoms with van der Waals surface area (Å²) in [7, 11) is -4.43. The first-order valence-electron chi connectivity index (χ1n) is 16.1. The molecule has 3 unspecified atom stereocenters. The van der Waals surface area contributed by atoms with Crippen molar-refractivity contribution >= 4 is 39.5 Å². The quantitative estimate of drug-likeness (QED) is 0.142. The summed E-state index contributed by atoms with van der Waals surface area (Å²) < 4.78 is 14.1. The van der Waals surface area contributed by atoms with Crippen LogP contribution in [0.3, 0.4) is 0 Å². The number of benzene rings is 1. The summed E-state index contributed by atoms with van der Waals surface area (Å²) >= 11 is 0. The van der Waals surface area contributed by atoms with Gasteiger partial charge in [-0.05, 0) is 60.9 Å². The van der Waals surface area contributed by atoms with E-state index in [1.165, 1.54) is 0 Å². The highest BCUT2D eigenvalue weighted by molar-refractivity contribution is 6.74. The Hall–Kier alpha value is -1.85. The van der Waals surface area contributed by atoms with Gasteiger partial charge in [0.25, 0.3) is 0 Å². The van der Waals surface area contributed by atoms with E-state index in [4.69, 9.17) is 13.8 Å². The van der Waals surface area contributed by atoms with Crippen molar-refractivity contribution in [2.45, 2.75) is 148 Å². The van der Waals surface area contributed by atoms with Gasteiger partial charge in [-0.3, -0.25) is 9.78 Å². The van der Waals surface area contributed by atoms with Gasteiger partial charge < -0.3 is 19.1 Å². The Kier molecular flexibility index (Phi) is 13.4. The maximum Gasteiger partial charge on any atom is 0.303 e. The molecule has 3 atom stereocenters. The first-order valence-corrected chi connectivity index (χ1v) is 21.9. The highest BCUT2D eigenvalue weighted by Gasteiger charge is 2.44. The van der Waals surface area contributed by atoms with E-state index < -0.39 is 28.7 Å². The molecule has 1 aromatic heterocycles. The molecule has 0 fully saturated rings. The summed E-state index contributed by atoms with van der Waals surface area (Å²) in [6.45, 7) is 24.5. The van der Waals surface area contributed by atoms with Crippen molar-refractivity contribution in [3.63, 3.8) is 0 Å². The van der Waals surface area contributed by atoms with Gasteiger partial charge in [0.1, 0.15) is 0 Å². The van der Waals surface area contributed by atoms with E-state index in [2.05, 4.69) is 92.9 Å². The van der Waals surface area contributed by atoms with Crippen LogP contribution in [0.15, 0.2) is 36.5 Å². The van der Waals surface area contributed by atoms with E-state index in [-0.39, 0.29) is 28.7 Å². The van der Waals surface area contributed by atoms with E-state index >= 15 is 0 Å². The van der Waals surface area contributed by atoms with Crippen LogP contribution in [0, 0.1) is 0 Å². The molecule has 1 aromatic carbocycles. The number of pyridine rings is 1. The number of aliphatic hydroxyl groups excluding tert-OH is 1. The number of hydrogen-bond donors (Lipinski definition) is 2. The SMILES string of the molecule is CCCCCC(O)c1ncc(/C=C/C(O[Si](C)(C)C(C)(C)C)C(CCCC(=O)O)O[Si](C)(C)C(C)(C)C)c2ccccc12. The number of aromatic nitrogens is 1. The summed E-state index contributed by atoms with van der Waals surface area (Å²) in [5.74, 6) is -0.794. The Balaban J connectivity index is 2.59. The molecule has 43 heavy (non-hydrogen) atoms. The monoisotopic (exact) mass is 629 g/mol. The fourth-order valence-electron chi connectivity index (χ4n) is 4.61. The highest BCUT2D eigenvalue weighted by atomic mass is 28.4. The van der Waals surface area contributed by atoms with Gasteiger partial charge in [0, 0.05) is 23.6 Å².